The lowest BCUT2D eigenvalue weighted by Gasteiger charge is -2.11. The van der Waals surface area contributed by atoms with Gasteiger partial charge in [0.2, 0.25) is 0 Å². The van der Waals surface area contributed by atoms with Gasteiger partial charge in [-0.2, -0.15) is 0 Å². The summed E-state index contributed by atoms with van der Waals surface area (Å²) in [6, 6.07) is 21.3. The number of phenols is 1. The number of non-ortho nitro benzene ring substituents is 1. The summed E-state index contributed by atoms with van der Waals surface area (Å²) >= 11 is 3.10. The minimum absolute atomic E-state index is 0. The summed E-state index contributed by atoms with van der Waals surface area (Å²) < 4.78 is 25.5. The monoisotopic (exact) mass is 875 g/mol. The number of hydrogen-bond donors (Lipinski definition) is 1. The Labute approximate surface area is 350 Å². The molecule has 14 nitrogen and oxygen atoms in total. The predicted octanol–water partition coefficient (Wildman–Crippen LogP) is 8.31. The number of ether oxygens (including phenoxy) is 5. The van der Waals surface area contributed by atoms with Crippen LogP contribution in [0.1, 0.15) is 59.0 Å². The van der Waals surface area contributed by atoms with E-state index in [2.05, 4.69) is 15.9 Å². The third-order valence-electron chi connectivity index (χ3n) is 8.32. The number of halogens is 1. The number of phenolic OH excluding ortho intramolecular Hbond substituents is 1. The van der Waals surface area contributed by atoms with Crippen molar-refractivity contribution in [3.05, 3.63) is 129 Å². The third kappa shape index (κ3) is 14.4. The molecule has 4 aromatic carbocycles. The van der Waals surface area contributed by atoms with E-state index in [-0.39, 0.29) is 49.6 Å². The molecule has 1 N–H and O–H groups in total. The Morgan fingerprint density at radius 2 is 1.20 bits per heavy atom. The molecule has 0 saturated heterocycles. The van der Waals surface area contributed by atoms with Gasteiger partial charge in [-0.25, -0.2) is 0 Å². The van der Waals surface area contributed by atoms with Gasteiger partial charge < -0.3 is 28.8 Å². The van der Waals surface area contributed by atoms with Crippen LogP contribution in [0.5, 0.6) is 28.7 Å². The van der Waals surface area contributed by atoms with E-state index in [1.807, 2.05) is 0 Å². The van der Waals surface area contributed by atoms with Crippen LogP contribution in [0.4, 0.5) is 5.69 Å². The third-order valence-corrected chi connectivity index (χ3v) is 9.15. The molecule has 0 aliphatic rings. The second-order valence-electron chi connectivity index (χ2n) is 12.0. The number of benzene rings is 4. The Kier molecular flexibility index (Phi) is 19.9. The number of alkyl halides is 1. The number of carbonyl (C=O) groups excluding carboxylic acids is 5. The lowest BCUT2D eigenvalue weighted by atomic mass is 9.92. The van der Waals surface area contributed by atoms with Gasteiger partial charge in [0, 0.05) is 29.7 Å². The van der Waals surface area contributed by atoms with E-state index in [1.165, 1.54) is 77.0 Å². The lowest BCUT2D eigenvalue weighted by Crippen LogP contribution is -2.24. The van der Waals surface area contributed by atoms with Gasteiger partial charge in [-0.1, -0.05) is 47.6 Å². The van der Waals surface area contributed by atoms with Crippen LogP contribution in [0.15, 0.2) is 97.1 Å². The molecule has 15 heteroatoms. The molecule has 4 aromatic rings. The molecule has 0 aliphatic heterocycles. The standard InChI is InChI=1S/C27H30O8.C16H12BrNO5.CH4/c1-5-35-27(31)15-10-20(21(28)11-6-18-8-13-23(30)25(16-18)33-3)22(29)12-7-19-9-14-24(32-2)26(17-19)34-4;1-23-13-8-4-11(5-9-13)16(20)14(17)15(19)10-2-6-12(7-3-10)18(21)22;/h6-9,11-14,16-17,20,30H,5,10,15H2,1-4H3;2-9,14H,1H3;1H4/b11-6+,12-7+;;. The normalized spacial score (nSPS) is 11.6. The van der Waals surface area contributed by atoms with Crippen LogP contribution >= 0.6 is 15.9 Å². The van der Waals surface area contributed by atoms with Gasteiger partial charge >= 0.3 is 5.97 Å². The van der Waals surface area contributed by atoms with Crippen LogP contribution in [0.2, 0.25) is 0 Å². The highest BCUT2D eigenvalue weighted by atomic mass is 79.9. The van der Waals surface area contributed by atoms with Crippen molar-refractivity contribution in [1.29, 1.82) is 0 Å². The molecule has 0 bridgehead atoms. The van der Waals surface area contributed by atoms with Crippen LogP contribution in [-0.2, 0) is 19.1 Å². The van der Waals surface area contributed by atoms with Crippen molar-refractivity contribution >= 4 is 62.9 Å². The van der Waals surface area contributed by atoms with Crippen LogP contribution in [-0.4, -0.2) is 79.0 Å². The van der Waals surface area contributed by atoms with E-state index in [0.29, 0.717) is 33.9 Å². The van der Waals surface area contributed by atoms with Crippen molar-refractivity contribution in [2.75, 3.05) is 35.0 Å². The molecule has 0 spiro atoms. The Morgan fingerprint density at radius 1 is 0.712 bits per heavy atom. The molecular formula is C44H46BrNO13. The van der Waals surface area contributed by atoms with Gasteiger partial charge in [0.05, 0.1) is 45.9 Å². The molecule has 59 heavy (non-hydrogen) atoms. The summed E-state index contributed by atoms with van der Waals surface area (Å²) in [6.07, 6.45) is 5.63. The fourth-order valence-electron chi connectivity index (χ4n) is 5.18. The molecule has 4 rings (SSSR count). The van der Waals surface area contributed by atoms with Crippen LogP contribution in [0, 0.1) is 16.0 Å². The molecular weight excluding hydrogens is 830 g/mol. The number of nitro benzene ring substituents is 1. The fraction of sp³-hybridized carbons (Fsp3) is 0.250. The molecule has 0 fully saturated rings. The second kappa shape index (κ2) is 24.2. The Hall–Kier alpha value is -6.61. The molecule has 0 aliphatic carbocycles. The zero-order chi connectivity index (χ0) is 42.8. The van der Waals surface area contributed by atoms with Crippen molar-refractivity contribution in [3.63, 3.8) is 0 Å². The number of rotatable bonds is 19. The largest absolute Gasteiger partial charge is 0.504 e. The van der Waals surface area contributed by atoms with Crippen molar-refractivity contribution in [2.24, 2.45) is 5.92 Å². The van der Waals surface area contributed by atoms with E-state index in [0.717, 1.165) is 0 Å². The van der Waals surface area contributed by atoms with E-state index >= 15 is 0 Å². The Bertz CT molecular complexity index is 2150. The average Bonchev–Trinajstić information content (AvgIpc) is 3.24. The maximum Gasteiger partial charge on any atom is 0.305 e. The van der Waals surface area contributed by atoms with E-state index in [9.17, 15) is 39.2 Å². The minimum Gasteiger partial charge on any atom is -0.504 e. The summed E-state index contributed by atoms with van der Waals surface area (Å²) in [5.41, 5.74) is 1.75. The predicted molar refractivity (Wildman–Crippen MR) is 226 cm³/mol. The molecule has 2 unspecified atom stereocenters. The number of nitrogens with zero attached hydrogens (tertiary/aromatic N) is 1. The number of esters is 1. The quantitative estimate of drug-likeness (QED) is 0.0180. The summed E-state index contributed by atoms with van der Waals surface area (Å²) in [7, 11) is 5.97. The highest BCUT2D eigenvalue weighted by Crippen LogP contribution is 2.29. The molecule has 0 heterocycles. The first-order valence-corrected chi connectivity index (χ1v) is 18.5. The summed E-state index contributed by atoms with van der Waals surface area (Å²) in [5, 5.41) is 20.3. The van der Waals surface area contributed by atoms with Gasteiger partial charge in [0.1, 0.15) is 10.6 Å². The van der Waals surface area contributed by atoms with E-state index < -0.39 is 44.8 Å². The van der Waals surface area contributed by atoms with Gasteiger partial charge in [0.25, 0.3) is 5.69 Å². The first kappa shape index (κ1) is 48.5. The number of hydrogen-bond acceptors (Lipinski definition) is 13. The lowest BCUT2D eigenvalue weighted by molar-refractivity contribution is -0.384. The molecule has 0 amide bonds. The van der Waals surface area contributed by atoms with Gasteiger partial charge in [0.15, 0.2) is 46.1 Å². The van der Waals surface area contributed by atoms with Crippen LogP contribution < -0.4 is 18.9 Å². The number of ketones is 4. The van der Waals surface area contributed by atoms with Crippen molar-refractivity contribution < 1.29 is 57.7 Å². The van der Waals surface area contributed by atoms with Crippen LogP contribution in [0.3, 0.4) is 0 Å². The zero-order valence-corrected chi connectivity index (χ0v) is 33.9. The fourth-order valence-corrected chi connectivity index (χ4v) is 5.71. The Morgan fingerprint density at radius 3 is 1.68 bits per heavy atom. The summed E-state index contributed by atoms with van der Waals surface area (Å²) in [5.74, 6) is -1.40. The number of methoxy groups -OCH3 is 4. The molecule has 0 radical (unpaired) electrons. The summed E-state index contributed by atoms with van der Waals surface area (Å²) in [6.45, 7) is 1.90. The average molecular weight is 877 g/mol. The molecule has 2 atom stereocenters. The maximum absolute atomic E-state index is 13.0. The molecule has 0 aromatic heterocycles. The zero-order valence-electron chi connectivity index (χ0n) is 32.3. The number of nitro groups is 1. The van der Waals surface area contributed by atoms with Crippen LogP contribution in [0.25, 0.3) is 12.2 Å². The van der Waals surface area contributed by atoms with Crippen molar-refractivity contribution in [3.8, 4) is 28.7 Å². The van der Waals surface area contributed by atoms with Gasteiger partial charge in [-0.05, 0) is 97.3 Å². The number of carbonyl (C=O) groups is 5. The molecule has 312 valence electrons. The Balaban J connectivity index is 0.000000433. The first-order chi connectivity index (χ1) is 27.8. The van der Waals surface area contributed by atoms with E-state index in [1.54, 1.807) is 67.6 Å². The SMILES string of the molecule is C.CCOC(=O)CCC(C(=O)/C=C/c1ccc(O)c(OC)c1)C(=O)/C=C/c1ccc(OC)c(OC)c1.COc1ccc(C(=O)C(Br)C(=O)c2ccc([N+](=O)[O-])cc2)cc1. The van der Waals surface area contributed by atoms with Gasteiger partial charge in [-0.3, -0.25) is 34.1 Å². The summed E-state index contributed by atoms with van der Waals surface area (Å²) in [4.78, 5) is 71.4. The van der Waals surface area contributed by atoms with Gasteiger partial charge in [-0.15, -0.1) is 0 Å². The molecule has 0 saturated carbocycles. The number of aromatic hydroxyl groups is 1. The topological polar surface area (TPSA) is 195 Å². The minimum atomic E-state index is -1.06. The highest BCUT2D eigenvalue weighted by Gasteiger charge is 2.27. The van der Waals surface area contributed by atoms with Crippen molar-refractivity contribution in [1.82, 2.24) is 0 Å². The second-order valence-corrected chi connectivity index (χ2v) is 13.0. The number of allylic oxidation sites excluding steroid dienone is 2. The van der Waals surface area contributed by atoms with E-state index in [4.69, 9.17) is 23.7 Å². The smallest absolute Gasteiger partial charge is 0.305 e. The maximum atomic E-state index is 13.0. The van der Waals surface area contributed by atoms with Crippen molar-refractivity contribution in [2.45, 2.75) is 32.0 Å². The number of Topliss-reactive ketones (excluding diaryl/α,β-unsaturated/α-hetero) is 2. The highest BCUT2D eigenvalue weighted by molar-refractivity contribution is 9.10. The first-order valence-electron chi connectivity index (χ1n) is 17.6.